The number of aliphatic hydroxyl groups is 1. The van der Waals surface area contributed by atoms with Crippen molar-refractivity contribution < 1.29 is 9.50 Å². The number of hydrogen-bond acceptors (Lipinski definition) is 2. The molecule has 2 aromatic rings. The summed E-state index contributed by atoms with van der Waals surface area (Å²) in [5.41, 5.74) is 2.55. The molecule has 2 rings (SSSR count). The maximum Gasteiger partial charge on any atom is 0.137 e. The van der Waals surface area contributed by atoms with Gasteiger partial charge in [-0.1, -0.05) is 6.07 Å². The zero-order valence-electron chi connectivity index (χ0n) is 9.90. The quantitative estimate of drug-likeness (QED) is 0.940. The van der Waals surface area contributed by atoms with E-state index in [9.17, 15) is 9.50 Å². The Labute approximate surface area is 114 Å². The lowest BCUT2D eigenvalue weighted by molar-refractivity contribution is 0.173. The third kappa shape index (κ3) is 3.15. The van der Waals surface area contributed by atoms with E-state index < -0.39 is 6.10 Å². The molecule has 0 saturated heterocycles. The Hall–Kier alpha value is -1.26. The van der Waals surface area contributed by atoms with Crippen LogP contribution in [0.5, 0.6) is 0 Å². The fourth-order valence-electron chi connectivity index (χ4n) is 1.74. The first kappa shape index (κ1) is 13.2. The highest BCUT2D eigenvalue weighted by Crippen LogP contribution is 2.21. The Kier molecular flexibility index (Phi) is 4.09. The van der Waals surface area contributed by atoms with Gasteiger partial charge in [-0.2, -0.15) is 0 Å². The minimum atomic E-state index is -0.678. The number of halogens is 2. The van der Waals surface area contributed by atoms with Gasteiger partial charge in [0.15, 0.2) is 0 Å². The number of hydrogen-bond donors (Lipinski definition) is 1. The summed E-state index contributed by atoms with van der Waals surface area (Å²) in [5.74, 6) is -0.304. The average molecular weight is 310 g/mol. The smallest absolute Gasteiger partial charge is 0.137 e. The van der Waals surface area contributed by atoms with Crippen molar-refractivity contribution in [3.05, 3.63) is 63.6 Å². The van der Waals surface area contributed by atoms with Gasteiger partial charge in [0, 0.05) is 12.6 Å². The fourth-order valence-corrected chi connectivity index (χ4v) is 2.16. The van der Waals surface area contributed by atoms with Crippen molar-refractivity contribution in [3.8, 4) is 0 Å². The number of rotatable bonds is 3. The molecule has 0 aliphatic rings. The molecular formula is C14H13BrFNO. The van der Waals surface area contributed by atoms with Gasteiger partial charge in [-0.15, -0.1) is 0 Å². The molecule has 0 aliphatic carbocycles. The molecule has 1 unspecified atom stereocenters. The van der Waals surface area contributed by atoms with Gasteiger partial charge >= 0.3 is 0 Å². The first-order chi connectivity index (χ1) is 8.56. The maximum absolute atomic E-state index is 13.1. The van der Waals surface area contributed by atoms with E-state index in [4.69, 9.17) is 0 Å². The molecule has 18 heavy (non-hydrogen) atoms. The molecule has 0 amide bonds. The van der Waals surface area contributed by atoms with Gasteiger partial charge in [-0.25, -0.2) is 4.39 Å². The number of aryl methyl sites for hydroxylation is 1. The maximum atomic E-state index is 13.1. The van der Waals surface area contributed by atoms with Crippen molar-refractivity contribution >= 4 is 15.9 Å². The summed E-state index contributed by atoms with van der Waals surface area (Å²) >= 11 is 3.13. The molecule has 0 bridgehead atoms. The summed E-state index contributed by atoms with van der Waals surface area (Å²) in [7, 11) is 0. The lowest BCUT2D eigenvalue weighted by Gasteiger charge is -2.11. The summed E-state index contributed by atoms with van der Waals surface area (Å²) in [5, 5.41) is 10.1. The van der Waals surface area contributed by atoms with Crippen molar-refractivity contribution in [1.82, 2.24) is 4.98 Å². The van der Waals surface area contributed by atoms with E-state index in [0.717, 1.165) is 11.1 Å². The van der Waals surface area contributed by atoms with Gasteiger partial charge in [-0.3, -0.25) is 4.98 Å². The van der Waals surface area contributed by atoms with E-state index >= 15 is 0 Å². The molecule has 2 nitrogen and oxygen atoms in total. The highest BCUT2D eigenvalue weighted by molar-refractivity contribution is 9.10. The van der Waals surface area contributed by atoms with E-state index in [1.54, 1.807) is 18.3 Å². The molecule has 0 aliphatic heterocycles. The molecule has 1 aromatic carbocycles. The highest BCUT2D eigenvalue weighted by Gasteiger charge is 2.11. The van der Waals surface area contributed by atoms with Gasteiger partial charge in [-0.05, 0) is 58.2 Å². The van der Waals surface area contributed by atoms with E-state index in [0.29, 0.717) is 16.6 Å². The molecule has 1 aromatic heterocycles. The van der Waals surface area contributed by atoms with Crippen LogP contribution in [0.25, 0.3) is 0 Å². The van der Waals surface area contributed by atoms with Crippen LogP contribution in [-0.4, -0.2) is 10.1 Å². The molecule has 0 saturated carbocycles. The lowest BCUT2D eigenvalue weighted by atomic mass is 10.0. The predicted octanol–water partition coefficient (Wildman–Crippen LogP) is 3.57. The SMILES string of the molecule is Cc1ccnc(C(O)Cc2ccc(F)c(Br)c2)c1. The number of nitrogens with zero attached hydrogens (tertiary/aromatic N) is 1. The summed E-state index contributed by atoms with van der Waals surface area (Å²) in [4.78, 5) is 4.14. The molecule has 1 N–H and O–H groups in total. The number of aromatic nitrogens is 1. The van der Waals surface area contributed by atoms with Crippen molar-refractivity contribution in [2.75, 3.05) is 0 Å². The molecule has 1 atom stereocenters. The third-order valence-electron chi connectivity index (χ3n) is 2.69. The van der Waals surface area contributed by atoms with Crippen LogP contribution in [0.15, 0.2) is 41.0 Å². The zero-order valence-corrected chi connectivity index (χ0v) is 11.5. The Morgan fingerprint density at radius 3 is 2.78 bits per heavy atom. The van der Waals surface area contributed by atoms with Crippen LogP contribution in [0.4, 0.5) is 4.39 Å². The lowest BCUT2D eigenvalue weighted by Crippen LogP contribution is -2.04. The van der Waals surface area contributed by atoms with Gasteiger partial charge < -0.3 is 5.11 Å². The molecule has 0 fully saturated rings. The van der Waals surface area contributed by atoms with Crippen molar-refractivity contribution in [3.63, 3.8) is 0 Å². The van der Waals surface area contributed by atoms with E-state index in [1.165, 1.54) is 6.07 Å². The second-order valence-electron chi connectivity index (χ2n) is 4.23. The Morgan fingerprint density at radius 1 is 1.33 bits per heavy atom. The van der Waals surface area contributed by atoms with Crippen molar-refractivity contribution in [2.24, 2.45) is 0 Å². The number of aliphatic hydroxyl groups excluding tert-OH is 1. The van der Waals surface area contributed by atoms with Crippen LogP contribution < -0.4 is 0 Å². The first-order valence-corrected chi connectivity index (χ1v) is 6.40. The van der Waals surface area contributed by atoms with Gasteiger partial charge in [0.05, 0.1) is 16.3 Å². The van der Waals surface area contributed by atoms with Crippen LogP contribution >= 0.6 is 15.9 Å². The predicted molar refractivity (Wildman–Crippen MR) is 71.7 cm³/mol. The topological polar surface area (TPSA) is 33.1 Å². The summed E-state index contributed by atoms with van der Waals surface area (Å²) in [6, 6.07) is 8.46. The number of pyridine rings is 1. The molecule has 4 heteroatoms. The first-order valence-electron chi connectivity index (χ1n) is 5.61. The molecule has 1 heterocycles. The second kappa shape index (κ2) is 5.59. The van der Waals surface area contributed by atoms with Crippen molar-refractivity contribution in [1.29, 1.82) is 0 Å². The summed E-state index contributed by atoms with van der Waals surface area (Å²) in [6.45, 7) is 1.95. The van der Waals surface area contributed by atoms with Gasteiger partial charge in [0.25, 0.3) is 0 Å². The third-order valence-corrected chi connectivity index (χ3v) is 3.30. The largest absolute Gasteiger partial charge is 0.386 e. The van der Waals surface area contributed by atoms with Crippen LogP contribution in [-0.2, 0) is 6.42 Å². The Bertz CT molecular complexity index is 559. The summed E-state index contributed by atoms with van der Waals surface area (Å²) in [6.07, 6.45) is 1.41. The standard InChI is InChI=1S/C14H13BrFNO/c1-9-4-5-17-13(6-9)14(18)8-10-2-3-12(16)11(15)7-10/h2-7,14,18H,8H2,1H3. The van der Waals surface area contributed by atoms with Crippen LogP contribution in [0, 0.1) is 12.7 Å². The van der Waals surface area contributed by atoms with Crippen LogP contribution in [0.1, 0.15) is 22.9 Å². The minimum Gasteiger partial charge on any atom is -0.386 e. The monoisotopic (exact) mass is 309 g/mol. The zero-order chi connectivity index (χ0) is 13.1. The Morgan fingerprint density at radius 2 is 2.11 bits per heavy atom. The van der Waals surface area contributed by atoms with Crippen molar-refractivity contribution in [2.45, 2.75) is 19.4 Å². The second-order valence-corrected chi connectivity index (χ2v) is 5.08. The van der Waals surface area contributed by atoms with Gasteiger partial charge in [0.1, 0.15) is 5.82 Å². The highest BCUT2D eigenvalue weighted by atomic mass is 79.9. The van der Waals surface area contributed by atoms with E-state index in [-0.39, 0.29) is 5.82 Å². The molecular weight excluding hydrogens is 297 g/mol. The van der Waals surface area contributed by atoms with E-state index in [2.05, 4.69) is 20.9 Å². The van der Waals surface area contributed by atoms with Crippen LogP contribution in [0.3, 0.4) is 0 Å². The minimum absolute atomic E-state index is 0.304. The average Bonchev–Trinajstić information content (AvgIpc) is 2.34. The fraction of sp³-hybridized carbons (Fsp3) is 0.214. The molecule has 0 spiro atoms. The van der Waals surface area contributed by atoms with Gasteiger partial charge in [0.2, 0.25) is 0 Å². The molecule has 0 radical (unpaired) electrons. The molecule has 94 valence electrons. The number of benzene rings is 1. The van der Waals surface area contributed by atoms with E-state index in [1.807, 2.05) is 19.1 Å². The Balaban J connectivity index is 2.16. The summed E-state index contributed by atoms with van der Waals surface area (Å²) < 4.78 is 13.5. The van der Waals surface area contributed by atoms with Crippen LogP contribution in [0.2, 0.25) is 0 Å². The normalized spacial score (nSPS) is 12.4.